The minimum Gasteiger partial charge on any atom is -0.321 e. The van der Waals surface area contributed by atoms with Crippen LogP contribution in [0.5, 0.6) is 0 Å². The molecule has 1 amide bonds. The predicted molar refractivity (Wildman–Crippen MR) is 123 cm³/mol. The molecule has 2 heterocycles. The molecule has 5 nitrogen and oxygen atoms in total. The zero-order chi connectivity index (χ0) is 22.0. The fourth-order valence-corrected chi connectivity index (χ4v) is 5.54. The van der Waals surface area contributed by atoms with Crippen molar-refractivity contribution in [2.75, 3.05) is 5.32 Å². The average Bonchev–Trinajstić information content (AvgIpc) is 3.28. The molecular weight excluding hydrogens is 404 g/mol. The lowest BCUT2D eigenvalue weighted by molar-refractivity contribution is -0.112. The van der Waals surface area contributed by atoms with Crippen molar-refractivity contribution in [2.45, 2.75) is 39.5 Å². The molecule has 0 spiro atoms. The number of aromatic nitrogens is 1. The molecule has 0 fully saturated rings. The van der Waals surface area contributed by atoms with Gasteiger partial charge in [-0.2, -0.15) is 10.5 Å². The average molecular weight is 427 g/mol. The number of anilines is 1. The Morgan fingerprint density at radius 3 is 2.61 bits per heavy atom. The maximum atomic E-state index is 12.6. The molecule has 0 aliphatic heterocycles. The van der Waals surface area contributed by atoms with E-state index >= 15 is 0 Å². The lowest BCUT2D eigenvalue weighted by Gasteiger charge is -2.10. The van der Waals surface area contributed by atoms with Gasteiger partial charge in [-0.25, -0.2) is 0 Å². The molecule has 31 heavy (non-hydrogen) atoms. The number of rotatable bonds is 4. The van der Waals surface area contributed by atoms with Gasteiger partial charge in [-0.3, -0.25) is 4.79 Å². The molecule has 4 rings (SSSR count). The standard InChI is InChI=1S/C25H22N4OS/c1-16-12-18(13-19(14-26)24(30)28-20-8-4-3-5-9-20)17(2)29(16)25-22(15-27)21-10-6-7-11-23(21)31-25/h3-5,8-9,12-13H,6-7,10-11H2,1-2H3,(H,28,30). The number of amides is 1. The number of carbonyl (C=O) groups is 1. The molecule has 1 aliphatic rings. The quantitative estimate of drug-likeness (QED) is 0.445. The molecule has 1 N–H and O–H groups in total. The van der Waals surface area contributed by atoms with E-state index in [2.05, 4.69) is 16.0 Å². The van der Waals surface area contributed by atoms with Gasteiger partial charge in [0.15, 0.2) is 0 Å². The Morgan fingerprint density at radius 2 is 1.90 bits per heavy atom. The number of fused-ring (bicyclic) bond motifs is 1. The van der Waals surface area contributed by atoms with Gasteiger partial charge in [0, 0.05) is 22.0 Å². The van der Waals surface area contributed by atoms with Crippen LogP contribution < -0.4 is 5.32 Å². The first kappa shape index (κ1) is 20.7. The van der Waals surface area contributed by atoms with Crippen LogP contribution in [0.15, 0.2) is 42.0 Å². The van der Waals surface area contributed by atoms with Crippen molar-refractivity contribution >= 4 is 29.0 Å². The molecule has 0 saturated heterocycles. The van der Waals surface area contributed by atoms with E-state index in [0.29, 0.717) is 5.69 Å². The summed E-state index contributed by atoms with van der Waals surface area (Å²) in [5.74, 6) is -0.442. The van der Waals surface area contributed by atoms with Crippen LogP contribution in [-0.4, -0.2) is 10.5 Å². The Hall–Kier alpha value is -3.61. The fraction of sp³-hybridized carbons (Fsp3) is 0.240. The molecule has 0 bridgehead atoms. The highest BCUT2D eigenvalue weighted by molar-refractivity contribution is 7.15. The van der Waals surface area contributed by atoms with Gasteiger partial charge in [0.1, 0.15) is 22.7 Å². The minimum absolute atomic E-state index is 0.0371. The van der Waals surface area contributed by atoms with Gasteiger partial charge in [0.2, 0.25) is 0 Å². The summed E-state index contributed by atoms with van der Waals surface area (Å²) in [6, 6.07) is 15.5. The van der Waals surface area contributed by atoms with Crippen LogP contribution in [0.3, 0.4) is 0 Å². The predicted octanol–water partition coefficient (Wildman–Crippen LogP) is 5.45. The zero-order valence-corrected chi connectivity index (χ0v) is 18.3. The number of aryl methyl sites for hydroxylation is 2. The summed E-state index contributed by atoms with van der Waals surface area (Å²) in [4.78, 5) is 13.9. The molecule has 154 valence electrons. The second kappa shape index (κ2) is 8.63. The zero-order valence-electron chi connectivity index (χ0n) is 17.5. The van der Waals surface area contributed by atoms with E-state index in [1.807, 2.05) is 44.2 Å². The van der Waals surface area contributed by atoms with Crippen LogP contribution in [0.4, 0.5) is 5.69 Å². The maximum absolute atomic E-state index is 12.6. The van der Waals surface area contributed by atoms with Crippen molar-refractivity contribution in [1.82, 2.24) is 4.57 Å². The third kappa shape index (κ3) is 3.91. The number of hydrogen-bond acceptors (Lipinski definition) is 4. The molecule has 6 heteroatoms. The summed E-state index contributed by atoms with van der Waals surface area (Å²) in [7, 11) is 0. The molecule has 1 aromatic carbocycles. The SMILES string of the molecule is Cc1cc(C=C(C#N)C(=O)Nc2ccccc2)c(C)n1-c1sc2c(c1C#N)CCCC2. The van der Waals surface area contributed by atoms with Gasteiger partial charge < -0.3 is 9.88 Å². The second-order valence-electron chi connectivity index (χ2n) is 7.65. The molecule has 0 unspecified atom stereocenters. The van der Waals surface area contributed by atoms with Crippen molar-refractivity contribution in [3.63, 3.8) is 0 Å². The topological polar surface area (TPSA) is 81.6 Å². The molecule has 0 radical (unpaired) electrons. The van der Waals surface area contributed by atoms with E-state index in [9.17, 15) is 15.3 Å². The van der Waals surface area contributed by atoms with Crippen molar-refractivity contribution in [3.8, 4) is 17.1 Å². The van der Waals surface area contributed by atoms with Crippen molar-refractivity contribution in [1.29, 1.82) is 10.5 Å². The number of nitrogens with zero attached hydrogens (tertiary/aromatic N) is 3. The van der Waals surface area contributed by atoms with Crippen LogP contribution in [0, 0.1) is 36.5 Å². The lowest BCUT2D eigenvalue weighted by atomic mass is 9.96. The van der Waals surface area contributed by atoms with Gasteiger partial charge in [0.25, 0.3) is 5.91 Å². The molecule has 0 saturated carbocycles. The molecule has 1 aliphatic carbocycles. The van der Waals surface area contributed by atoms with Crippen molar-refractivity contribution < 1.29 is 4.79 Å². The highest BCUT2D eigenvalue weighted by Crippen LogP contribution is 2.38. The monoisotopic (exact) mass is 426 g/mol. The van der Waals surface area contributed by atoms with E-state index in [1.54, 1.807) is 29.5 Å². The summed E-state index contributed by atoms with van der Waals surface area (Å²) in [6.07, 6.45) is 5.89. The molecule has 0 atom stereocenters. The summed E-state index contributed by atoms with van der Waals surface area (Å²) < 4.78 is 2.08. The smallest absolute Gasteiger partial charge is 0.266 e. The molecule has 2 aromatic heterocycles. The number of para-hydroxylation sites is 1. The van der Waals surface area contributed by atoms with Crippen molar-refractivity contribution in [2.24, 2.45) is 0 Å². The fourth-order valence-electron chi connectivity index (χ4n) is 4.09. The number of benzene rings is 1. The summed E-state index contributed by atoms with van der Waals surface area (Å²) >= 11 is 1.69. The van der Waals surface area contributed by atoms with E-state index in [4.69, 9.17) is 0 Å². The molecule has 3 aromatic rings. The largest absolute Gasteiger partial charge is 0.321 e. The van der Waals surface area contributed by atoms with Gasteiger partial charge in [0.05, 0.1) is 5.56 Å². The first-order valence-corrected chi connectivity index (χ1v) is 11.1. The van der Waals surface area contributed by atoms with E-state index in [0.717, 1.165) is 53.2 Å². The Labute approximate surface area is 185 Å². The number of thiophene rings is 1. The van der Waals surface area contributed by atoms with Crippen LogP contribution >= 0.6 is 11.3 Å². The van der Waals surface area contributed by atoms with Gasteiger partial charge >= 0.3 is 0 Å². The molecular formula is C25H22N4OS. The Morgan fingerprint density at radius 1 is 1.16 bits per heavy atom. The highest BCUT2D eigenvalue weighted by atomic mass is 32.1. The number of nitriles is 2. The first-order chi connectivity index (χ1) is 15.0. The first-order valence-electron chi connectivity index (χ1n) is 10.3. The van der Waals surface area contributed by atoms with E-state index in [-0.39, 0.29) is 5.57 Å². The summed E-state index contributed by atoms with van der Waals surface area (Å²) in [5.41, 5.74) is 5.31. The minimum atomic E-state index is -0.442. The Balaban J connectivity index is 1.72. The summed E-state index contributed by atoms with van der Waals surface area (Å²) in [5, 5.41) is 23.1. The van der Waals surface area contributed by atoms with Crippen LogP contribution in [-0.2, 0) is 17.6 Å². The van der Waals surface area contributed by atoms with Gasteiger partial charge in [-0.1, -0.05) is 18.2 Å². The second-order valence-corrected chi connectivity index (χ2v) is 8.74. The summed E-state index contributed by atoms with van der Waals surface area (Å²) in [6.45, 7) is 3.95. The number of carbonyl (C=O) groups excluding carboxylic acids is 1. The highest BCUT2D eigenvalue weighted by Gasteiger charge is 2.24. The van der Waals surface area contributed by atoms with Crippen molar-refractivity contribution in [3.05, 3.63) is 74.9 Å². The number of nitrogens with one attached hydrogen (secondary N) is 1. The lowest BCUT2D eigenvalue weighted by Crippen LogP contribution is -2.13. The Bertz CT molecular complexity index is 1270. The van der Waals surface area contributed by atoms with E-state index < -0.39 is 5.91 Å². The van der Waals surface area contributed by atoms with Crippen LogP contribution in [0.25, 0.3) is 11.1 Å². The Kier molecular flexibility index (Phi) is 5.75. The van der Waals surface area contributed by atoms with Crippen LogP contribution in [0.1, 0.15) is 45.8 Å². The van der Waals surface area contributed by atoms with E-state index in [1.165, 1.54) is 10.4 Å². The number of hydrogen-bond donors (Lipinski definition) is 1. The van der Waals surface area contributed by atoms with Gasteiger partial charge in [-0.15, -0.1) is 11.3 Å². The third-order valence-corrected chi connectivity index (χ3v) is 6.91. The van der Waals surface area contributed by atoms with Crippen LogP contribution in [0.2, 0.25) is 0 Å². The third-order valence-electron chi connectivity index (χ3n) is 5.63. The van der Waals surface area contributed by atoms with Gasteiger partial charge in [-0.05, 0) is 74.9 Å². The maximum Gasteiger partial charge on any atom is 0.266 e. The normalized spacial score (nSPS) is 13.2.